The molecule has 0 amide bonds. The van der Waals surface area contributed by atoms with Gasteiger partial charge in [-0.3, -0.25) is 0 Å². The van der Waals surface area contributed by atoms with Crippen LogP contribution in [0.1, 0.15) is 31.4 Å². The number of ether oxygens (including phenoxy) is 2. The summed E-state index contributed by atoms with van der Waals surface area (Å²) >= 11 is 0. The fourth-order valence-electron chi connectivity index (χ4n) is 2.11. The fraction of sp³-hybridized carbons (Fsp3) is 0.571. The summed E-state index contributed by atoms with van der Waals surface area (Å²) in [6.45, 7) is 4.64. The molecular formula is C14H19NO2. The molecule has 1 N–H and O–H groups in total. The van der Waals surface area contributed by atoms with E-state index in [0.29, 0.717) is 19.3 Å². The lowest BCUT2D eigenvalue weighted by atomic mass is 10.1. The lowest BCUT2D eigenvalue weighted by Gasteiger charge is -2.21. The highest BCUT2D eigenvalue weighted by molar-refractivity contribution is 5.44. The van der Waals surface area contributed by atoms with E-state index in [-0.39, 0.29) is 0 Å². The Bertz CT molecular complexity index is 401. The molecule has 3 nitrogen and oxygen atoms in total. The predicted octanol–water partition coefficient (Wildman–Crippen LogP) is 2.52. The number of benzene rings is 1. The van der Waals surface area contributed by atoms with Gasteiger partial charge in [0.1, 0.15) is 13.2 Å². The van der Waals surface area contributed by atoms with Crippen molar-refractivity contribution >= 4 is 0 Å². The number of nitrogens with one attached hydrogen (secondary N) is 1. The molecular weight excluding hydrogens is 214 g/mol. The molecule has 3 heteroatoms. The van der Waals surface area contributed by atoms with Crippen LogP contribution in [-0.2, 0) is 0 Å². The zero-order chi connectivity index (χ0) is 11.7. The van der Waals surface area contributed by atoms with Crippen molar-refractivity contribution in [1.82, 2.24) is 5.32 Å². The van der Waals surface area contributed by atoms with Crippen LogP contribution in [0, 0.1) is 5.92 Å². The second-order valence-electron chi connectivity index (χ2n) is 4.98. The molecule has 0 saturated heterocycles. The van der Waals surface area contributed by atoms with E-state index in [4.69, 9.17) is 9.47 Å². The second-order valence-corrected chi connectivity index (χ2v) is 4.98. The first kappa shape index (κ1) is 10.9. The summed E-state index contributed by atoms with van der Waals surface area (Å²) in [7, 11) is 0. The van der Waals surface area contributed by atoms with Crippen molar-refractivity contribution in [2.45, 2.75) is 25.8 Å². The molecule has 1 aliphatic carbocycles. The first-order valence-corrected chi connectivity index (χ1v) is 6.46. The molecule has 1 heterocycles. The molecule has 17 heavy (non-hydrogen) atoms. The highest BCUT2D eigenvalue weighted by Gasteiger charge is 2.22. The van der Waals surface area contributed by atoms with E-state index in [1.165, 1.54) is 18.4 Å². The molecule has 1 unspecified atom stereocenters. The third-order valence-corrected chi connectivity index (χ3v) is 3.48. The molecule has 1 aromatic carbocycles. The zero-order valence-electron chi connectivity index (χ0n) is 10.2. The minimum Gasteiger partial charge on any atom is -0.486 e. The smallest absolute Gasteiger partial charge is 0.161 e. The Kier molecular flexibility index (Phi) is 2.93. The van der Waals surface area contributed by atoms with Gasteiger partial charge in [0.25, 0.3) is 0 Å². The van der Waals surface area contributed by atoms with Crippen LogP contribution in [-0.4, -0.2) is 19.8 Å². The molecule has 1 fully saturated rings. The summed E-state index contributed by atoms with van der Waals surface area (Å²) in [4.78, 5) is 0. The summed E-state index contributed by atoms with van der Waals surface area (Å²) in [6, 6.07) is 6.61. The molecule has 1 saturated carbocycles. The molecule has 1 aromatic rings. The monoisotopic (exact) mass is 233 g/mol. The second kappa shape index (κ2) is 4.57. The van der Waals surface area contributed by atoms with E-state index < -0.39 is 0 Å². The van der Waals surface area contributed by atoms with Crippen molar-refractivity contribution in [2.24, 2.45) is 5.92 Å². The van der Waals surface area contributed by atoms with Gasteiger partial charge in [0.05, 0.1) is 0 Å². The van der Waals surface area contributed by atoms with Crippen molar-refractivity contribution in [1.29, 1.82) is 0 Å². The largest absolute Gasteiger partial charge is 0.486 e. The first-order valence-electron chi connectivity index (χ1n) is 6.46. The van der Waals surface area contributed by atoms with Gasteiger partial charge in [0.15, 0.2) is 11.5 Å². The normalized spacial score (nSPS) is 20.1. The Balaban J connectivity index is 1.68. The van der Waals surface area contributed by atoms with Crippen molar-refractivity contribution in [3.05, 3.63) is 23.8 Å². The lowest BCUT2D eigenvalue weighted by Crippen LogP contribution is -2.21. The van der Waals surface area contributed by atoms with Crippen LogP contribution in [0.5, 0.6) is 11.5 Å². The van der Waals surface area contributed by atoms with Gasteiger partial charge in [-0.2, -0.15) is 0 Å². The third kappa shape index (κ3) is 2.55. The molecule has 0 aromatic heterocycles. The summed E-state index contributed by atoms with van der Waals surface area (Å²) in [5, 5.41) is 3.57. The Morgan fingerprint density at radius 2 is 2.00 bits per heavy atom. The summed E-state index contributed by atoms with van der Waals surface area (Å²) in [5.41, 5.74) is 1.27. The third-order valence-electron chi connectivity index (χ3n) is 3.48. The zero-order valence-corrected chi connectivity index (χ0v) is 10.2. The summed E-state index contributed by atoms with van der Waals surface area (Å²) in [6.07, 6.45) is 2.78. The van der Waals surface area contributed by atoms with Gasteiger partial charge in [-0.05, 0) is 49.9 Å². The molecule has 3 rings (SSSR count). The van der Waals surface area contributed by atoms with Crippen LogP contribution >= 0.6 is 0 Å². The molecule has 1 atom stereocenters. The van der Waals surface area contributed by atoms with Crippen molar-refractivity contribution in [2.75, 3.05) is 19.8 Å². The van der Waals surface area contributed by atoms with Crippen molar-refractivity contribution in [3.8, 4) is 11.5 Å². The molecule has 0 bridgehead atoms. The Morgan fingerprint density at radius 1 is 1.24 bits per heavy atom. The highest BCUT2D eigenvalue weighted by Crippen LogP contribution is 2.33. The topological polar surface area (TPSA) is 30.5 Å². The predicted molar refractivity (Wildman–Crippen MR) is 66.6 cm³/mol. The van der Waals surface area contributed by atoms with Crippen molar-refractivity contribution < 1.29 is 9.47 Å². The van der Waals surface area contributed by atoms with E-state index >= 15 is 0 Å². The number of hydrogen-bond donors (Lipinski definition) is 1. The fourth-order valence-corrected chi connectivity index (χ4v) is 2.11. The maximum atomic E-state index is 5.60. The van der Waals surface area contributed by atoms with Crippen LogP contribution in [0.4, 0.5) is 0 Å². The van der Waals surface area contributed by atoms with E-state index in [1.54, 1.807) is 0 Å². The van der Waals surface area contributed by atoms with E-state index in [9.17, 15) is 0 Å². The van der Waals surface area contributed by atoms with Gasteiger partial charge in [-0.15, -0.1) is 0 Å². The Labute approximate surface area is 102 Å². The summed E-state index contributed by atoms with van der Waals surface area (Å²) < 4.78 is 11.1. The van der Waals surface area contributed by atoms with Crippen LogP contribution in [0.25, 0.3) is 0 Å². The average molecular weight is 233 g/mol. The first-order chi connectivity index (χ1) is 8.33. The lowest BCUT2D eigenvalue weighted by molar-refractivity contribution is 0.171. The summed E-state index contributed by atoms with van der Waals surface area (Å²) in [5.74, 6) is 2.66. The van der Waals surface area contributed by atoms with Gasteiger partial charge in [0.2, 0.25) is 0 Å². The number of rotatable bonds is 4. The van der Waals surface area contributed by atoms with Crippen LogP contribution in [0.2, 0.25) is 0 Å². The van der Waals surface area contributed by atoms with E-state index in [0.717, 1.165) is 24.0 Å². The quantitative estimate of drug-likeness (QED) is 0.866. The van der Waals surface area contributed by atoms with Gasteiger partial charge < -0.3 is 14.8 Å². The SMILES string of the molecule is CC(NCC1CC1)c1ccc2c(c1)OCCO2. The Hall–Kier alpha value is -1.22. The minimum atomic E-state index is 0.381. The van der Waals surface area contributed by atoms with Gasteiger partial charge in [-0.1, -0.05) is 6.07 Å². The van der Waals surface area contributed by atoms with E-state index in [1.807, 2.05) is 6.07 Å². The number of fused-ring (bicyclic) bond motifs is 1. The van der Waals surface area contributed by atoms with Gasteiger partial charge in [-0.25, -0.2) is 0 Å². The molecule has 0 radical (unpaired) electrons. The average Bonchev–Trinajstić information content (AvgIpc) is 3.19. The van der Waals surface area contributed by atoms with Crippen LogP contribution in [0.15, 0.2) is 18.2 Å². The van der Waals surface area contributed by atoms with Gasteiger partial charge >= 0.3 is 0 Å². The van der Waals surface area contributed by atoms with Crippen molar-refractivity contribution in [3.63, 3.8) is 0 Å². The number of hydrogen-bond acceptors (Lipinski definition) is 3. The maximum Gasteiger partial charge on any atom is 0.161 e. The standard InChI is InChI=1S/C14H19NO2/c1-10(15-9-11-2-3-11)12-4-5-13-14(8-12)17-7-6-16-13/h4-5,8,10-11,15H,2-3,6-7,9H2,1H3. The maximum absolute atomic E-state index is 5.60. The highest BCUT2D eigenvalue weighted by atomic mass is 16.6. The van der Waals surface area contributed by atoms with E-state index in [2.05, 4.69) is 24.4 Å². The molecule has 0 spiro atoms. The van der Waals surface area contributed by atoms with Gasteiger partial charge in [0, 0.05) is 6.04 Å². The minimum absolute atomic E-state index is 0.381. The van der Waals surface area contributed by atoms with Crippen LogP contribution in [0.3, 0.4) is 0 Å². The molecule has 1 aliphatic heterocycles. The van der Waals surface area contributed by atoms with Crippen LogP contribution < -0.4 is 14.8 Å². The molecule has 92 valence electrons. The molecule has 2 aliphatic rings. The Morgan fingerprint density at radius 3 is 2.76 bits per heavy atom.